The average molecular weight is 411 g/mol. The molecule has 5 heteroatoms. The van der Waals surface area contributed by atoms with Crippen molar-refractivity contribution in [2.75, 3.05) is 13.1 Å². The molecule has 30 heavy (non-hydrogen) atoms. The number of ether oxygens (including phenoxy) is 1. The smallest absolute Gasteiger partial charge is 0.308 e. The molecular formula is C25H34N2O3. The van der Waals surface area contributed by atoms with Crippen LogP contribution in [0.4, 0.5) is 0 Å². The van der Waals surface area contributed by atoms with Crippen LogP contribution in [0.5, 0.6) is 5.75 Å². The molecule has 0 saturated heterocycles. The predicted octanol–water partition coefficient (Wildman–Crippen LogP) is 4.54. The maximum atomic E-state index is 13.6. The molecule has 1 aliphatic rings. The van der Waals surface area contributed by atoms with E-state index in [4.69, 9.17) is 11.2 Å². The first-order valence-corrected chi connectivity index (χ1v) is 10.9. The fraction of sp³-hybridized carbons (Fsp3) is 0.520. The van der Waals surface area contributed by atoms with Crippen LogP contribution in [0.2, 0.25) is 0 Å². The maximum Gasteiger partial charge on any atom is 0.308 e. The summed E-state index contributed by atoms with van der Waals surface area (Å²) in [6.07, 6.45) is 13.4. The Morgan fingerprint density at radius 2 is 2.00 bits per heavy atom. The van der Waals surface area contributed by atoms with Crippen molar-refractivity contribution in [3.63, 3.8) is 0 Å². The Hall–Kier alpha value is -2.74. The number of nitrogens with zero attached hydrogens (tertiary/aromatic N) is 1. The number of hydrogen-bond acceptors (Lipinski definition) is 4. The number of amides is 1. The Labute approximate surface area is 180 Å². The second-order valence-electron chi connectivity index (χ2n) is 7.88. The van der Waals surface area contributed by atoms with Crippen LogP contribution < -0.4 is 10.1 Å². The van der Waals surface area contributed by atoms with Gasteiger partial charge in [0.15, 0.2) is 0 Å². The topological polar surface area (TPSA) is 58.6 Å². The van der Waals surface area contributed by atoms with Crippen LogP contribution in [0.25, 0.3) is 0 Å². The molecule has 0 bridgehead atoms. The summed E-state index contributed by atoms with van der Waals surface area (Å²) in [5.41, 5.74) is 1.18. The first-order valence-electron chi connectivity index (χ1n) is 10.9. The van der Waals surface area contributed by atoms with E-state index in [2.05, 4.69) is 24.7 Å². The molecule has 1 aromatic carbocycles. The molecule has 1 fully saturated rings. The average Bonchev–Trinajstić information content (AvgIpc) is 2.74. The fourth-order valence-corrected chi connectivity index (χ4v) is 4.14. The van der Waals surface area contributed by atoms with Gasteiger partial charge in [0.1, 0.15) is 5.75 Å². The number of carbonyl (C=O) groups is 2. The van der Waals surface area contributed by atoms with E-state index >= 15 is 0 Å². The Morgan fingerprint density at radius 3 is 2.63 bits per heavy atom. The van der Waals surface area contributed by atoms with Crippen LogP contribution in [0.1, 0.15) is 69.2 Å². The summed E-state index contributed by atoms with van der Waals surface area (Å²) in [6, 6.07) is 6.61. The van der Waals surface area contributed by atoms with E-state index in [0.717, 1.165) is 50.8 Å². The molecule has 5 nitrogen and oxygen atoms in total. The molecule has 1 amide bonds. The maximum absolute atomic E-state index is 13.6. The molecule has 1 aromatic rings. The van der Waals surface area contributed by atoms with Gasteiger partial charge in [-0.3, -0.25) is 9.59 Å². The third kappa shape index (κ3) is 6.38. The third-order valence-corrected chi connectivity index (χ3v) is 5.57. The van der Waals surface area contributed by atoms with Gasteiger partial charge in [-0.2, -0.15) is 0 Å². The van der Waals surface area contributed by atoms with Crippen LogP contribution in [-0.4, -0.2) is 35.9 Å². The SMILES string of the molecule is C#CCN(C(=O)c1ccccc1OC(C)=O)C(C(=C)NCCCC)C1CCCCC1. The van der Waals surface area contributed by atoms with Crippen LogP contribution in [0.15, 0.2) is 36.5 Å². The summed E-state index contributed by atoms with van der Waals surface area (Å²) >= 11 is 0. The van der Waals surface area contributed by atoms with Crippen molar-refractivity contribution in [3.8, 4) is 18.1 Å². The monoisotopic (exact) mass is 410 g/mol. The Kier molecular flexibility index (Phi) is 9.47. The summed E-state index contributed by atoms with van der Waals surface area (Å²) in [5, 5.41) is 3.43. The normalized spacial score (nSPS) is 15.0. The van der Waals surface area contributed by atoms with Gasteiger partial charge in [0, 0.05) is 19.2 Å². The summed E-state index contributed by atoms with van der Waals surface area (Å²) < 4.78 is 5.28. The van der Waals surface area contributed by atoms with Gasteiger partial charge < -0.3 is 15.0 Å². The quantitative estimate of drug-likeness (QED) is 0.266. The molecule has 0 heterocycles. The lowest BCUT2D eigenvalue weighted by Gasteiger charge is -2.39. The molecule has 1 aliphatic carbocycles. The number of nitrogens with one attached hydrogen (secondary N) is 1. The second-order valence-corrected chi connectivity index (χ2v) is 7.88. The first kappa shape index (κ1) is 23.5. The Balaban J connectivity index is 2.38. The number of benzene rings is 1. The van der Waals surface area contributed by atoms with Gasteiger partial charge in [-0.25, -0.2) is 0 Å². The second kappa shape index (κ2) is 12.1. The van der Waals surface area contributed by atoms with Crippen LogP contribution >= 0.6 is 0 Å². The van der Waals surface area contributed by atoms with Gasteiger partial charge in [0.2, 0.25) is 0 Å². The molecule has 0 aliphatic heterocycles. The van der Waals surface area contributed by atoms with Crippen LogP contribution in [-0.2, 0) is 4.79 Å². The minimum absolute atomic E-state index is 0.170. The van der Waals surface area contributed by atoms with Crippen molar-refractivity contribution < 1.29 is 14.3 Å². The third-order valence-electron chi connectivity index (χ3n) is 5.57. The minimum Gasteiger partial charge on any atom is -0.426 e. The number of rotatable bonds is 10. The van der Waals surface area contributed by atoms with Gasteiger partial charge in [0.05, 0.1) is 18.2 Å². The molecule has 1 unspecified atom stereocenters. The fourth-order valence-electron chi connectivity index (χ4n) is 4.14. The molecule has 0 spiro atoms. The molecule has 1 atom stereocenters. The van der Waals surface area contributed by atoms with Crippen molar-refractivity contribution in [2.24, 2.45) is 5.92 Å². The summed E-state index contributed by atoms with van der Waals surface area (Å²) in [7, 11) is 0. The van der Waals surface area contributed by atoms with Gasteiger partial charge >= 0.3 is 5.97 Å². The lowest BCUT2D eigenvalue weighted by Crippen LogP contribution is -2.49. The summed E-state index contributed by atoms with van der Waals surface area (Å²) in [4.78, 5) is 26.9. The highest BCUT2D eigenvalue weighted by atomic mass is 16.5. The van der Waals surface area contributed by atoms with E-state index in [1.165, 1.54) is 13.3 Å². The van der Waals surface area contributed by atoms with Crippen LogP contribution in [0, 0.1) is 18.3 Å². The van der Waals surface area contributed by atoms with Crippen molar-refractivity contribution >= 4 is 11.9 Å². The van der Waals surface area contributed by atoms with E-state index in [0.29, 0.717) is 11.5 Å². The van der Waals surface area contributed by atoms with Crippen molar-refractivity contribution in [2.45, 2.75) is 64.8 Å². The number of esters is 1. The molecule has 1 saturated carbocycles. The number of hydrogen-bond donors (Lipinski definition) is 1. The van der Waals surface area contributed by atoms with E-state index in [1.807, 2.05) is 0 Å². The number of terminal acetylenes is 1. The number of unbranched alkanes of at least 4 members (excludes halogenated alkanes) is 1. The molecule has 162 valence electrons. The van der Waals surface area contributed by atoms with Gasteiger partial charge in [-0.15, -0.1) is 6.42 Å². The van der Waals surface area contributed by atoms with E-state index in [9.17, 15) is 9.59 Å². The largest absolute Gasteiger partial charge is 0.426 e. The number of para-hydroxylation sites is 1. The highest BCUT2D eigenvalue weighted by molar-refractivity contribution is 5.98. The van der Waals surface area contributed by atoms with Gasteiger partial charge in [-0.1, -0.05) is 57.2 Å². The molecule has 2 rings (SSSR count). The predicted molar refractivity (Wildman–Crippen MR) is 120 cm³/mol. The van der Waals surface area contributed by atoms with Crippen LogP contribution in [0.3, 0.4) is 0 Å². The Bertz CT molecular complexity index is 775. The van der Waals surface area contributed by atoms with E-state index in [1.54, 1.807) is 29.2 Å². The standard InChI is InChI=1S/C25H34N2O3/c1-5-7-17-26-19(3)24(21-13-9-8-10-14-21)27(18-6-2)25(29)22-15-11-12-16-23(22)30-20(4)28/h2,11-12,15-16,21,24,26H,3,5,7-10,13-14,17-18H2,1,4H3. The Morgan fingerprint density at radius 1 is 1.30 bits per heavy atom. The zero-order chi connectivity index (χ0) is 21.9. The van der Waals surface area contributed by atoms with E-state index < -0.39 is 5.97 Å². The van der Waals surface area contributed by atoms with Crippen molar-refractivity contribution in [1.29, 1.82) is 0 Å². The number of carbonyl (C=O) groups excluding carboxylic acids is 2. The molecule has 0 aromatic heterocycles. The summed E-state index contributed by atoms with van der Waals surface area (Å²) in [6.45, 7) is 8.75. The highest BCUT2D eigenvalue weighted by Crippen LogP contribution is 2.33. The lowest BCUT2D eigenvalue weighted by molar-refractivity contribution is -0.131. The zero-order valence-electron chi connectivity index (χ0n) is 18.3. The van der Waals surface area contributed by atoms with Gasteiger partial charge in [0.25, 0.3) is 5.91 Å². The first-order chi connectivity index (χ1) is 14.5. The van der Waals surface area contributed by atoms with Crippen molar-refractivity contribution in [1.82, 2.24) is 10.2 Å². The molecule has 0 radical (unpaired) electrons. The minimum atomic E-state index is -0.465. The molecule has 1 N–H and O–H groups in total. The molecular weight excluding hydrogens is 376 g/mol. The zero-order valence-corrected chi connectivity index (χ0v) is 18.3. The van der Waals surface area contributed by atoms with E-state index in [-0.39, 0.29) is 24.2 Å². The van der Waals surface area contributed by atoms with Crippen molar-refractivity contribution in [3.05, 3.63) is 42.1 Å². The summed E-state index contributed by atoms with van der Waals surface area (Å²) in [5.74, 6) is 2.50. The lowest BCUT2D eigenvalue weighted by atomic mass is 9.81. The highest BCUT2D eigenvalue weighted by Gasteiger charge is 2.34. The van der Waals surface area contributed by atoms with Gasteiger partial charge in [-0.05, 0) is 37.3 Å².